The van der Waals surface area contributed by atoms with Gasteiger partial charge >= 0.3 is 0 Å². The third-order valence-electron chi connectivity index (χ3n) is 15.1. The lowest BCUT2D eigenvalue weighted by atomic mass is 9.95. The third-order valence-corrected chi connectivity index (χ3v) is 15.1. The summed E-state index contributed by atoms with van der Waals surface area (Å²) in [7, 11) is 0. The molecule has 0 aliphatic heterocycles. The van der Waals surface area contributed by atoms with Crippen molar-refractivity contribution in [1.82, 2.24) is 19.1 Å². The lowest BCUT2D eigenvalue weighted by Crippen LogP contribution is -1.94. The van der Waals surface area contributed by atoms with E-state index in [2.05, 4.69) is 270 Å². The molecule has 15 rings (SSSR count). The lowest BCUT2D eigenvalue weighted by molar-refractivity contribution is 1.18. The summed E-state index contributed by atoms with van der Waals surface area (Å²) >= 11 is 0. The standard InChI is InChI=1S/C70H44N4/c1-2-23-54(24-3-1)73-65-32-10-8-28-58(65)62-42-51(34-36-67(62)73)52-35-37-68-63(43-52)59-29-9-11-33-66(59)74(68)55-25-15-21-50(41-55)48-19-13-17-46(39-48)45-16-12-18-47(38-45)49-20-14-22-53(40-49)64-44-71-69-60-30-6-4-26-56(60)57-27-5-7-31-61(57)70(69)72-64/h1-44H. The Balaban J connectivity index is 0.759. The van der Waals surface area contributed by atoms with Gasteiger partial charge in [-0.05, 0) is 134 Å². The van der Waals surface area contributed by atoms with Crippen LogP contribution in [0.3, 0.4) is 0 Å². The summed E-state index contributed by atoms with van der Waals surface area (Å²) < 4.78 is 4.80. The molecule has 12 aromatic carbocycles. The minimum atomic E-state index is 0.856. The van der Waals surface area contributed by atoms with Gasteiger partial charge in [-0.3, -0.25) is 4.98 Å². The van der Waals surface area contributed by atoms with Crippen LogP contribution in [-0.2, 0) is 0 Å². The van der Waals surface area contributed by atoms with Gasteiger partial charge in [0.2, 0.25) is 0 Å². The molecule has 0 spiro atoms. The highest BCUT2D eigenvalue weighted by Crippen LogP contribution is 2.40. The van der Waals surface area contributed by atoms with E-state index in [0.29, 0.717) is 0 Å². The van der Waals surface area contributed by atoms with E-state index in [1.165, 1.54) is 76.8 Å². The molecule has 74 heavy (non-hydrogen) atoms. The van der Waals surface area contributed by atoms with Crippen molar-refractivity contribution in [3.63, 3.8) is 0 Å². The Bertz CT molecular complexity index is 4700. The van der Waals surface area contributed by atoms with Crippen LogP contribution in [0.4, 0.5) is 0 Å². The van der Waals surface area contributed by atoms with Crippen LogP contribution in [0.1, 0.15) is 0 Å². The maximum Gasteiger partial charge on any atom is 0.0979 e. The van der Waals surface area contributed by atoms with E-state index in [1.807, 2.05) is 6.20 Å². The van der Waals surface area contributed by atoms with Gasteiger partial charge in [-0.1, -0.05) is 182 Å². The number of rotatable bonds is 7. The van der Waals surface area contributed by atoms with Gasteiger partial charge < -0.3 is 9.13 Å². The second-order valence-corrected chi connectivity index (χ2v) is 19.3. The second-order valence-electron chi connectivity index (χ2n) is 19.3. The Morgan fingerprint density at radius 1 is 0.230 bits per heavy atom. The van der Waals surface area contributed by atoms with Crippen LogP contribution in [0.5, 0.6) is 0 Å². The first kappa shape index (κ1) is 41.8. The van der Waals surface area contributed by atoms with Gasteiger partial charge in [-0.2, -0.15) is 0 Å². The molecule has 0 N–H and O–H groups in total. The van der Waals surface area contributed by atoms with Gasteiger partial charge in [0, 0.05) is 49.3 Å². The number of aromatic nitrogens is 4. The smallest absolute Gasteiger partial charge is 0.0979 e. The summed E-state index contributed by atoms with van der Waals surface area (Å²) in [5.74, 6) is 0. The van der Waals surface area contributed by atoms with Gasteiger partial charge in [-0.15, -0.1) is 0 Å². The molecule has 0 bridgehead atoms. The largest absolute Gasteiger partial charge is 0.309 e. The van der Waals surface area contributed by atoms with Crippen molar-refractivity contribution in [3.05, 3.63) is 267 Å². The predicted molar refractivity (Wildman–Crippen MR) is 310 cm³/mol. The highest BCUT2D eigenvalue weighted by Gasteiger charge is 2.18. The van der Waals surface area contributed by atoms with Crippen molar-refractivity contribution in [2.75, 3.05) is 0 Å². The molecule has 0 radical (unpaired) electrons. The molecule has 344 valence electrons. The molecule has 0 atom stereocenters. The highest BCUT2D eigenvalue weighted by atomic mass is 15.0. The Morgan fingerprint density at radius 3 is 1.16 bits per heavy atom. The van der Waals surface area contributed by atoms with E-state index >= 15 is 0 Å². The number of nitrogens with zero attached hydrogens (tertiary/aromatic N) is 4. The average Bonchev–Trinajstić information content (AvgIpc) is 4.00. The summed E-state index contributed by atoms with van der Waals surface area (Å²) in [6.45, 7) is 0. The maximum atomic E-state index is 5.29. The molecule has 15 aromatic rings. The molecule has 4 heteroatoms. The van der Waals surface area contributed by atoms with E-state index in [1.54, 1.807) is 0 Å². The molecule has 3 heterocycles. The fourth-order valence-electron chi connectivity index (χ4n) is 11.6. The van der Waals surface area contributed by atoms with Crippen LogP contribution in [0, 0.1) is 0 Å². The lowest BCUT2D eigenvalue weighted by Gasteiger charge is -2.12. The molecule has 0 fully saturated rings. The predicted octanol–water partition coefficient (Wildman–Crippen LogP) is 18.5. The molecule has 0 aliphatic rings. The molecule has 0 aliphatic carbocycles. The zero-order valence-corrected chi connectivity index (χ0v) is 40.2. The number of benzene rings is 12. The van der Waals surface area contributed by atoms with Crippen LogP contribution in [-0.4, -0.2) is 19.1 Å². The molecule has 0 saturated heterocycles. The van der Waals surface area contributed by atoms with E-state index in [9.17, 15) is 0 Å². The first-order chi connectivity index (χ1) is 36.7. The minimum Gasteiger partial charge on any atom is -0.309 e. The Labute approximate surface area is 427 Å². The SMILES string of the molecule is c1ccc(-n2c3ccccc3c3cc(-c4ccc5c(c4)c4ccccc4n5-c4cccc(-c5cccc(-c6cccc(-c7cccc(-c8cnc9c%10ccccc%10c%10ccccc%10c9n8)c7)c6)c5)c4)ccc32)cc1. The monoisotopic (exact) mass is 940 g/mol. The molecule has 3 aromatic heterocycles. The minimum absolute atomic E-state index is 0.856. The van der Waals surface area contributed by atoms with Crippen molar-refractivity contribution in [2.45, 2.75) is 0 Å². The van der Waals surface area contributed by atoms with Crippen LogP contribution in [0.15, 0.2) is 267 Å². The van der Waals surface area contributed by atoms with Crippen molar-refractivity contribution in [1.29, 1.82) is 0 Å². The summed E-state index contributed by atoms with van der Waals surface area (Å²) in [6, 6.07) is 94.6. The van der Waals surface area contributed by atoms with Gasteiger partial charge in [0.25, 0.3) is 0 Å². The Morgan fingerprint density at radius 2 is 0.608 bits per heavy atom. The Kier molecular flexibility index (Phi) is 9.54. The number of para-hydroxylation sites is 3. The Hall–Kier alpha value is -9.90. The van der Waals surface area contributed by atoms with E-state index < -0.39 is 0 Å². The average molecular weight is 941 g/mol. The van der Waals surface area contributed by atoms with E-state index in [-0.39, 0.29) is 0 Å². The van der Waals surface area contributed by atoms with Crippen molar-refractivity contribution in [2.24, 2.45) is 0 Å². The van der Waals surface area contributed by atoms with Crippen molar-refractivity contribution < 1.29 is 0 Å². The second kappa shape index (κ2) is 16.9. The summed E-state index contributed by atoms with van der Waals surface area (Å²) in [6.07, 6.45) is 1.92. The van der Waals surface area contributed by atoms with Gasteiger partial charge in [0.15, 0.2) is 0 Å². The summed E-state index contributed by atoms with van der Waals surface area (Å²) in [4.78, 5) is 10.3. The first-order valence-corrected chi connectivity index (χ1v) is 25.3. The highest BCUT2D eigenvalue weighted by molar-refractivity contribution is 6.23. The molecular weight excluding hydrogens is 897 g/mol. The summed E-state index contributed by atoms with van der Waals surface area (Å²) in [5.41, 5.74) is 20.1. The van der Waals surface area contributed by atoms with Crippen molar-refractivity contribution in [3.8, 4) is 67.1 Å². The van der Waals surface area contributed by atoms with E-state index in [0.717, 1.165) is 66.6 Å². The molecule has 4 nitrogen and oxygen atoms in total. The maximum absolute atomic E-state index is 5.29. The normalized spacial score (nSPS) is 11.8. The fraction of sp³-hybridized carbons (Fsp3) is 0. The quantitative estimate of drug-likeness (QED) is 0.149. The third kappa shape index (κ3) is 6.77. The number of hydrogen-bond acceptors (Lipinski definition) is 2. The van der Waals surface area contributed by atoms with E-state index in [4.69, 9.17) is 9.97 Å². The van der Waals surface area contributed by atoms with Gasteiger partial charge in [0.05, 0.1) is 45.0 Å². The number of hydrogen-bond donors (Lipinski definition) is 0. The molecule has 0 amide bonds. The number of fused-ring (bicyclic) bond motifs is 12. The van der Waals surface area contributed by atoms with Gasteiger partial charge in [-0.25, -0.2) is 4.98 Å². The molecule has 0 saturated carbocycles. The summed E-state index contributed by atoms with van der Waals surface area (Å²) in [5, 5.41) is 9.59. The van der Waals surface area contributed by atoms with Crippen LogP contribution in [0.25, 0.3) is 143 Å². The molecular formula is C70H44N4. The first-order valence-electron chi connectivity index (χ1n) is 25.3. The fourth-order valence-corrected chi connectivity index (χ4v) is 11.6. The van der Waals surface area contributed by atoms with Crippen molar-refractivity contribution >= 4 is 76.2 Å². The zero-order valence-electron chi connectivity index (χ0n) is 40.2. The van der Waals surface area contributed by atoms with Crippen LogP contribution in [0.2, 0.25) is 0 Å². The molecule has 0 unspecified atom stereocenters. The van der Waals surface area contributed by atoms with Crippen LogP contribution >= 0.6 is 0 Å². The van der Waals surface area contributed by atoms with Gasteiger partial charge in [0.1, 0.15) is 0 Å². The zero-order chi connectivity index (χ0) is 48.7. The van der Waals surface area contributed by atoms with Crippen LogP contribution < -0.4 is 0 Å². The topological polar surface area (TPSA) is 35.6 Å².